The standard InChI is InChI=1S/C14H23NO4/c1-14(2,9-3-5-19-6-4-9)8-15-12(16)10-7-11(10)13(17)18/h9-11H,3-8H2,1-2H3,(H,15,16)(H,17,18). The van der Waals surface area contributed by atoms with Crippen LogP contribution in [-0.4, -0.2) is 36.7 Å². The molecule has 1 amide bonds. The van der Waals surface area contributed by atoms with E-state index in [1.54, 1.807) is 0 Å². The zero-order valence-electron chi connectivity index (χ0n) is 11.6. The van der Waals surface area contributed by atoms with E-state index in [9.17, 15) is 9.59 Å². The first kappa shape index (κ1) is 14.3. The minimum absolute atomic E-state index is 0.0348. The van der Waals surface area contributed by atoms with Gasteiger partial charge < -0.3 is 15.2 Å². The van der Waals surface area contributed by atoms with Crippen LogP contribution in [0.15, 0.2) is 0 Å². The molecule has 19 heavy (non-hydrogen) atoms. The van der Waals surface area contributed by atoms with Crippen molar-refractivity contribution in [2.45, 2.75) is 33.1 Å². The Bertz CT molecular complexity index is 360. The molecule has 0 radical (unpaired) electrons. The monoisotopic (exact) mass is 269 g/mol. The molecule has 2 rings (SSSR count). The lowest BCUT2D eigenvalue weighted by molar-refractivity contribution is -0.140. The molecule has 1 aliphatic heterocycles. The molecular formula is C14H23NO4. The second-order valence-electron chi connectivity index (χ2n) is 6.38. The first-order valence-electron chi connectivity index (χ1n) is 7.00. The first-order chi connectivity index (χ1) is 8.92. The van der Waals surface area contributed by atoms with Crippen molar-refractivity contribution >= 4 is 11.9 Å². The Morgan fingerprint density at radius 3 is 2.42 bits per heavy atom. The molecule has 2 fully saturated rings. The van der Waals surface area contributed by atoms with Gasteiger partial charge in [0.25, 0.3) is 0 Å². The van der Waals surface area contributed by atoms with E-state index in [1.807, 2.05) is 0 Å². The highest BCUT2D eigenvalue weighted by Gasteiger charge is 2.48. The molecule has 2 aliphatic rings. The summed E-state index contributed by atoms with van der Waals surface area (Å²) in [5.41, 5.74) is 0.0348. The van der Waals surface area contributed by atoms with E-state index in [2.05, 4.69) is 19.2 Å². The van der Waals surface area contributed by atoms with Crippen LogP contribution in [0.4, 0.5) is 0 Å². The summed E-state index contributed by atoms with van der Waals surface area (Å²) in [6.07, 6.45) is 2.55. The number of hydrogen-bond donors (Lipinski definition) is 2. The molecule has 1 aliphatic carbocycles. The van der Waals surface area contributed by atoms with Gasteiger partial charge in [-0.25, -0.2) is 0 Å². The number of carboxylic acid groups (broad SMARTS) is 1. The van der Waals surface area contributed by atoms with E-state index >= 15 is 0 Å². The molecule has 2 N–H and O–H groups in total. The summed E-state index contributed by atoms with van der Waals surface area (Å²) in [4.78, 5) is 22.6. The molecule has 0 aromatic rings. The predicted molar refractivity (Wildman–Crippen MR) is 69.6 cm³/mol. The van der Waals surface area contributed by atoms with Gasteiger partial charge >= 0.3 is 5.97 Å². The maximum atomic E-state index is 11.9. The Labute approximate surface area is 113 Å². The number of ether oxygens (including phenoxy) is 1. The van der Waals surface area contributed by atoms with Crippen LogP contribution < -0.4 is 5.32 Å². The van der Waals surface area contributed by atoms with Gasteiger partial charge in [0.15, 0.2) is 0 Å². The van der Waals surface area contributed by atoms with Gasteiger partial charge in [-0.2, -0.15) is 0 Å². The quantitative estimate of drug-likeness (QED) is 0.788. The highest BCUT2D eigenvalue weighted by Crippen LogP contribution is 2.39. The van der Waals surface area contributed by atoms with Gasteiger partial charge in [-0.3, -0.25) is 9.59 Å². The van der Waals surface area contributed by atoms with Gasteiger partial charge in [-0.05, 0) is 30.6 Å². The van der Waals surface area contributed by atoms with Gasteiger partial charge in [0.1, 0.15) is 0 Å². The molecule has 0 aromatic carbocycles. The smallest absolute Gasteiger partial charge is 0.307 e. The molecule has 5 heteroatoms. The van der Waals surface area contributed by atoms with Gasteiger partial charge in [-0.1, -0.05) is 13.8 Å². The maximum absolute atomic E-state index is 11.9. The van der Waals surface area contributed by atoms with Gasteiger partial charge in [0.05, 0.1) is 11.8 Å². The van der Waals surface area contributed by atoms with Crippen molar-refractivity contribution in [2.75, 3.05) is 19.8 Å². The van der Waals surface area contributed by atoms with Crippen LogP contribution >= 0.6 is 0 Å². The number of carboxylic acids is 1. The number of carbonyl (C=O) groups is 2. The molecule has 0 bridgehead atoms. The second kappa shape index (κ2) is 5.49. The summed E-state index contributed by atoms with van der Waals surface area (Å²) >= 11 is 0. The summed E-state index contributed by atoms with van der Waals surface area (Å²) in [5.74, 6) is -1.19. The predicted octanol–water partition coefficient (Wildman–Crippen LogP) is 1.28. The summed E-state index contributed by atoms with van der Waals surface area (Å²) < 4.78 is 5.36. The van der Waals surface area contributed by atoms with Crippen LogP contribution in [-0.2, 0) is 14.3 Å². The van der Waals surface area contributed by atoms with Crippen molar-refractivity contribution in [2.24, 2.45) is 23.2 Å². The van der Waals surface area contributed by atoms with Crippen LogP contribution in [0, 0.1) is 23.2 Å². The second-order valence-corrected chi connectivity index (χ2v) is 6.38. The average molecular weight is 269 g/mol. The molecule has 1 saturated heterocycles. The average Bonchev–Trinajstić information content (AvgIpc) is 3.17. The van der Waals surface area contributed by atoms with E-state index in [4.69, 9.17) is 9.84 Å². The fraction of sp³-hybridized carbons (Fsp3) is 0.857. The maximum Gasteiger partial charge on any atom is 0.307 e. The molecular weight excluding hydrogens is 246 g/mol. The molecule has 2 unspecified atom stereocenters. The zero-order chi connectivity index (χ0) is 14.0. The molecule has 1 heterocycles. The SMILES string of the molecule is CC(C)(CNC(=O)C1CC1C(=O)O)C1CCOCC1. The normalized spacial score (nSPS) is 27.9. The lowest BCUT2D eigenvalue weighted by atomic mass is 9.74. The summed E-state index contributed by atoms with van der Waals surface area (Å²) in [6.45, 7) is 6.52. The van der Waals surface area contributed by atoms with Crippen LogP contribution in [0.25, 0.3) is 0 Å². The van der Waals surface area contributed by atoms with Crippen LogP contribution in [0.5, 0.6) is 0 Å². The third-order valence-electron chi connectivity index (χ3n) is 4.49. The fourth-order valence-electron chi connectivity index (χ4n) is 2.83. The number of rotatable bonds is 5. The van der Waals surface area contributed by atoms with Crippen LogP contribution in [0.2, 0.25) is 0 Å². The van der Waals surface area contributed by atoms with Crippen molar-refractivity contribution in [1.82, 2.24) is 5.32 Å². The van der Waals surface area contributed by atoms with E-state index in [0.717, 1.165) is 26.1 Å². The number of aliphatic carboxylic acids is 1. The molecule has 0 aromatic heterocycles. The molecule has 5 nitrogen and oxygen atoms in total. The van der Waals surface area contributed by atoms with E-state index in [-0.39, 0.29) is 17.2 Å². The lowest BCUT2D eigenvalue weighted by Gasteiger charge is -2.37. The Hall–Kier alpha value is -1.10. The van der Waals surface area contributed by atoms with Crippen LogP contribution in [0.1, 0.15) is 33.1 Å². The Kier molecular flexibility index (Phi) is 4.13. The minimum Gasteiger partial charge on any atom is -0.481 e. The summed E-state index contributed by atoms with van der Waals surface area (Å²) in [6, 6.07) is 0. The third kappa shape index (κ3) is 3.47. The Morgan fingerprint density at radius 2 is 1.89 bits per heavy atom. The zero-order valence-corrected chi connectivity index (χ0v) is 11.6. The highest BCUT2D eigenvalue weighted by molar-refractivity contribution is 5.89. The number of hydrogen-bond acceptors (Lipinski definition) is 3. The molecule has 1 saturated carbocycles. The third-order valence-corrected chi connectivity index (χ3v) is 4.49. The molecule has 2 atom stereocenters. The topological polar surface area (TPSA) is 75.6 Å². The van der Waals surface area contributed by atoms with Crippen molar-refractivity contribution in [3.05, 3.63) is 0 Å². The minimum atomic E-state index is -0.858. The van der Waals surface area contributed by atoms with Gasteiger partial charge in [0.2, 0.25) is 5.91 Å². The van der Waals surface area contributed by atoms with E-state index in [1.165, 1.54) is 0 Å². The Balaban J connectivity index is 1.77. The van der Waals surface area contributed by atoms with E-state index in [0.29, 0.717) is 18.9 Å². The van der Waals surface area contributed by atoms with E-state index < -0.39 is 11.9 Å². The largest absolute Gasteiger partial charge is 0.481 e. The molecule has 108 valence electrons. The van der Waals surface area contributed by atoms with Crippen molar-refractivity contribution in [3.8, 4) is 0 Å². The molecule has 0 spiro atoms. The summed E-state index contributed by atoms with van der Waals surface area (Å²) in [5, 5.41) is 11.7. The lowest BCUT2D eigenvalue weighted by Crippen LogP contribution is -2.41. The number of carbonyl (C=O) groups excluding carboxylic acids is 1. The number of amides is 1. The summed E-state index contributed by atoms with van der Waals surface area (Å²) in [7, 11) is 0. The fourth-order valence-corrected chi connectivity index (χ4v) is 2.83. The van der Waals surface area contributed by atoms with Crippen LogP contribution in [0.3, 0.4) is 0 Å². The first-order valence-corrected chi connectivity index (χ1v) is 7.00. The van der Waals surface area contributed by atoms with Crippen molar-refractivity contribution < 1.29 is 19.4 Å². The van der Waals surface area contributed by atoms with Crippen molar-refractivity contribution in [3.63, 3.8) is 0 Å². The Morgan fingerprint density at radius 1 is 1.26 bits per heavy atom. The van der Waals surface area contributed by atoms with Gasteiger partial charge in [-0.15, -0.1) is 0 Å². The van der Waals surface area contributed by atoms with Gasteiger partial charge in [0, 0.05) is 19.8 Å². The number of nitrogens with one attached hydrogen (secondary N) is 1. The highest BCUT2D eigenvalue weighted by atomic mass is 16.5. The van der Waals surface area contributed by atoms with Crippen molar-refractivity contribution in [1.29, 1.82) is 0 Å².